The third-order valence-electron chi connectivity index (χ3n) is 3.46. The van der Waals surface area contributed by atoms with Crippen molar-refractivity contribution < 1.29 is 19.1 Å². The monoisotopic (exact) mass is 282 g/mol. The van der Waals surface area contributed by atoms with Crippen molar-refractivity contribution in [1.29, 1.82) is 0 Å². The first kappa shape index (κ1) is 14.9. The molecule has 6 heteroatoms. The van der Waals surface area contributed by atoms with Crippen molar-refractivity contribution in [2.75, 3.05) is 19.7 Å². The largest absolute Gasteiger partial charge is 0.462 e. The maximum atomic E-state index is 11.6. The van der Waals surface area contributed by atoms with Crippen molar-refractivity contribution in [3.63, 3.8) is 0 Å². The zero-order valence-corrected chi connectivity index (χ0v) is 11.8. The standard InChI is InChI=1S/C14H22N2O4/c1-2-19-14(18)16-7-5-11(6-8-16)15-9-12-3-4-13(10-17)20-12/h3-4,11,15,17H,2,5-10H2,1H3. The van der Waals surface area contributed by atoms with Crippen LogP contribution < -0.4 is 5.32 Å². The Bertz CT molecular complexity index is 425. The van der Waals surface area contributed by atoms with E-state index < -0.39 is 0 Å². The summed E-state index contributed by atoms with van der Waals surface area (Å²) in [6.45, 7) is 4.24. The van der Waals surface area contributed by atoms with Gasteiger partial charge < -0.3 is 24.5 Å². The molecule has 20 heavy (non-hydrogen) atoms. The summed E-state index contributed by atoms with van der Waals surface area (Å²) in [6, 6.07) is 4.02. The molecule has 0 atom stereocenters. The summed E-state index contributed by atoms with van der Waals surface area (Å²) in [7, 11) is 0. The molecule has 0 saturated carbocycles. The molecule has 1 amide bonds. The van der Waals surface area contributed by atoms with Gasteiger partial charge in [0.05, 0.1) is 13.2 Å². The lowest BCUT2D eigenvalue weighted by molar-refractivity contribution is 0.0948. The van der Waals surface area contributed by atoms with Crippen LogP contribution in [0.3, 0.4) is 0 Å². The number of nitrogens with one attached hydrogen (secondary N) is 1. The van der Waals surface area contributed by atoms with Crippen LogP contribution in [0.15, 0.2) is 16.5 Å². The van der Waals surface area contributed by atoms with E-state index in [1.807, 2.05) is 13.0 Å². The molecular formula is C14H22N2O4. The number of piperidine rings is 1. The molecule has 0 aliphatic carbocycles. The lowest BCUT2D eigenvalue weighted by Crippen LogP contribution is -2.44. The molecule has 2 heterocycles. The quantitative estimate of drug-likeness (QED) is 0.855. The van der Waals surface area contributed by atoms with Crippen LogP contribution in [0.4, 0.5) is 4.79 Å². The van der Waals surface area contributed by atoms with Crippen LogP contribution in [0, 0.1) is 0 Å². The van der Waals surface area contributed by atoms with E-state index in [-0.39, 0.29) is 12.7 Å². The van der Waals surface area contributed by atoms with Crippen LogP contribution in [0.25, 0.3) is 0 Å². The van der Waals surface area contributed by atoms with Crippen LogP contribution in [-0.4, -0.2) is 41.8 Å². The molecule has 0 bridgehead atoms. The molecule has 0 unspecified atom stereocenters. The lowest BCUT2D eigenvalue weighted by Gasteiger charge is -2.31. The van der Waals surface area contributed by atoms with Gasteiger partial charge in [0.2, 0.25) is 0 Å². The molecule has 0 spiro atoms. The van der Waals surface area contributed by atoms with E-state index in [0.717, 1.165) is 31.7 Å². The fourth-order valence-corrected chi connectivity index (χ4v) is 2.33. The van der Waals surface area contributed by atoms with E-state index in [1.165, 1.54) is 0 Å². The van der Waals surface area contributed by atoms with Gasteiger partial charge in [0.15, 0.2) is 0 Å². The highest BCUT2D eigenvalue weighted by Gasteiger charge is 2.23. The van der Waals surface area contributed by atoms with E-state index in [1.54, 1.807) is 11.0 Å². The summed E-state index contributed by atoms with van der Waals surface area (Å²) in [4.78, 5) is 13.3. The average molecular weight is 282 g/mol. The molecule has 1 aliphatic rings. The minimum atomic E-state index is -0.218. The molecular weight excluding hydrogens is 260 g/mol. The summed E-state index contributed by atoms with van der Waals surface area (Å²) >= 11 is 0. The second-order valence-corrected chi connectivity index (χ2v) is 4.87. The zero-order chi connectivity index (χ0) is 14.4. The molecule has 6 nitrogen and oxygen atoms in total. The molecule has 0 aromatic carbocycles. The number of ether oxygens (including phenoxy) is 1. The second-order valence-electron chi connectivity index (χ2n) is 4.87. The molecule has 2 rings (SSSR count). The average Bonchev–Trinajstić information content (AvgIpc) is 2.94. The SMILES string of the molecule is CCOC(=O)N1CCC(NCc2ccc(CO)o2)CC1. The van der Waals surface area contributed by atoms with Crippen molar-refractivity contribution in [3.05, 3.63) is 23.7 Å². The fraction of sp³-hybridized carbons (Fsp3) is 0.643. The highest BCUT2D eigenvalue weighted by Crippen LogP contribution is 2.13. The smallest absolute Gasteiger partial charge is 0.409 e. The van der Waals surface area contributed by atoms with Gasteiger partial charge in [-0.05, 0) is 31.9 Å². The van der Waals surface area contributed by atoms with Crippen molar-refractivity contribution in [1.82, 2.24) is 10.2 Å². The van der Waals surface area contributed by atoms with Gasteiger partial charge in [-0.3, -0.25) is 0 Å². The highest BCUT2D eigenvalue weighted by molar-refractivity contribution is 5.67. The maximum Gasteiger partial charge on any atom is 0.409 e. The van der Waals surface area contributed by atoms with E-state index in [2.05, 4.69) is 5.32 Å². The van der Waals surface area contributed by atoms with E-state index >= 15 is 0 Å². The minimum absolute atomic E-state index is 0.0715. The van der Waals surface area contributed by atoms with E-state index in [0.29, 0.717) is 25.0 Å². The molecule has 2 N–H and O–H groups in total. The number of rotatable bonds is 5. The van der Waals surface area contributed by atoms with Crippen molar-refractivity contribution in [2.24, 2.45) is 0 Å². The minimum Gasteiger partial charge on any atom is -0.462 e. The number of hydrogen-bond acceptors (Lipinski definition) is 5. The van der Waals surface area contributed by atoms with Gasteiger partial charge in [0.25, 0.3) is 0 Å². The Labute approximate surface area is 118 Å². The lowest BCUT2D eigenvalue weighted by atomic mass is 10.1. The number of nitrogens with zero attached hydrogens (tertiary/aromatic N) is 1. The first-order chi connectivity index (χ1) is 9.72. The van der Waals surface area contributed by atoms with Crippen molar-refractivity contribution in [3.8, 4) is 0 Å². The summed E-state index contributed by atoms with van der Waals surface area (Å²) in [6.07, 6.45) is 1.60. The third kappa shape index (κ3) is 3.98. The summed E-state index contributed by atoms with van der Waals surface area (Å²) in [5, 5.41) is 12.3. The van der Waals surface area contributed by atoms with Gasteiger partial charge in [-0.15, -0.1) is 0 Å². The Morgan fingerprint density at radius 1 is 1.45 bits per heavy atom. The zero-order valence-electron chi connectivity index (χ0n) is 11.8. The Morgan fingerprint density at radius 3 is 2.75 bits per heavy atom. The molecule has 1 aromatic rings. The van der Waals surface area contributed by atoms with Crippen LogP contribution in [0.5, 0.6) is 0 Å². The Balaban J connectivity index is 1.70. The number of likely N-dealkylation sites (tertiary alicyclic amines) is 1. The Morgan fingerprint density at radius 2 is 2.15 bits per heavy atom. The van der Waals surface area contributed by atoms with Gasteiger partial charge in [-0.1, -0.05) is 0 Å². The Kier molecular flexibility index (Phi) is 5.43. The first-order valence-electron chi connectivity index (χ1n) is 7.06. The first-order valence-corrected chi connectivity index (χ1v) is 7.06. The summed E-state index contributed by atoms with van der Waals surface area (Å²) < 4.78 is 10.4. The van der Waals surface area contributed by atoms with Crippen molar-refractivity contribution >= 4 is 6.09 Å². The highest BCUT2D eigenvalue weighted by atomic mass is 16.6. The van der Waals surface area contributed by atoms with Gasteiger partial charge in [0, 0.05) is 19.1 Å². The normalized spacial score (nSPS) is 16.4. The number of aliphatic hydroxyl groups is 1. The molecule has 1 aromatic heterocycles. The number of carbonyl (C=O) groups is 1. The fourth-order valence-electron chi connectivity index (χ4n) is 2.33. The van der Waals surface area contributed by atoms with Gasteiger partial charge >= 0.3 is 6.09 Å². The molecule has 1 aliphatic heterocycles. The molecule has 0 radical (unpaired) electrons. The maximum absolute atomic E-state index is 11.6. The van der Waals surface area contributed by atoms with Crippen LogP contribution in [0.1, 0.15) is 31.3 Å². The van der Waals surface area contributed by atoms with E-state index in [4.69, 9.17) is 14.3 Å². The predicted octanol–water partition coefficient (Wildman–Crippen LogP) is 1.48. The summed E-state index contributed by atoms with van der Waals surface area (Å²) in [5.41, 5.74) is 0. The number of hydrogen-bond donors (Lipinski definition) is 2. The summed E-state index contributed by atoms with van der Waals surface area (Å²) in [5.74, 6) is 1.40. The van der Waals surface area contributed by atoms with Crippen molar-refractivity contribution in [2.45, 2.75) is 39.0 Å². The molecule has 1 saturated heterocycles. The van der Waals surface area contributed by atoms with Gasteiger partial charge in [0.1, 0.15) is 18.1 Å². The predicted molar refractivity (Wildman–Crippen MR) is 73.1 cm³/mol. The molecule has 112 valence electrons. The van der Waals surface area contributed by atoms with Crippen LogP contribution >= 0.6 is 0 Å². The molecule has 1 fully saturated rings. The topological polar surface area (TPSA) is 74.9 Å². The van der Waals surface area contributed by atoms with Crippen LogP contribution in [0.2, 0.25) is 0 Å². The second kappa shape index (κ2) is 7.31. The number of aliphatic hydroxyl groups excluding tert-OH is 1. The van der Waals surface area contributed by atoms with E-state index in [9.17, 15) is 4.79 Å². The van der Waals surface area contributed by atoms with Gasteiger partial charge in [-0.25, -0.2) is 4.79 Å². The number of amides is 1. The third-order valence-corrected chi connectivity index (χ3v) is 3.46. The van der Waals surface area contributed by atoms with Crippen LogP contribution in [-0.2, 0) is 17.9 Å². The van der Waals surface area contributed by atoms with Gasteiger partial charge in [-0.2, -0.15) is 0 Å². The number of carbonyl (C=O) groups excluding carboxylic acids is 1. The number of furan rings is 1. The Hall–Kier alpha value is -1.53.